The molecular weight excluding hydrogens is 373 g/mol. The average Bonchev–Trinajstić information content (AvgIpc) is 3.31. The van der Waals surface area contributed by atoms with E-state index in [9.17, 15) is 14.0 Å². The van der Waals surface area contributed by atoms with Gasteiger partial charge in [-0.25, -0.2) is 4.39 Å². The highest BCUT2D eigenvalue weighted by Gasteiger charge is 2.44. The zero-order valence-corrected chi connectivity index (χ0v) is 15.5. The van der Waals surface area contributed by atoms with E-state index >= 15 is 0 Å². The summed E-state index contributed by atoms with van der Waals surface area (Å²) in [7, 11) is 0. The Morgan fingerprint density at radius 3 is 2.66 bits per heavy atom. The summed E-state index contributed by atoms with van der Waals surface area (Å²) >= 11 is 0. The van der Waals surface area contributed by atoms with Gasteiger partial charge in [-0.3, -0.25) is 9.59 Å². The lowest BCUT2D eigenvalue weighted by molar-refractivity contribution is 0.0699. The molecule has 4 aromatic rings. The number of halogens is 1. The van der Waals surface area contributed by atoms with Crippen molar-refractivity contribution < 1.29 is 18.0 Å². The van der Waals surface area contributed by atoms with Crippen LogP contribution in [0, 0.1) is 12.7 Å². The van der Waals surface area contributed by atoms with Gasteiger partial charge in [0.1, 0.15) is 17.2 Å². The summed E-state index contributed by atoms with van der Waals surface area (Å²) in [6.07, 6.45) is 1.50. The number of nitrogens with zero attached hydrogens (tertiary/aromatic N) is 1. The molecule has 0 saturated carbocycles. The Labute approximate surface area is 165 Å². The molecule has 1 atom stereocenters. The van der Waals surface area contributed by atoms with Gasteiger partial charge in [-0.15, -0.1) is 0 Å². The van der Waals surface area contributed by atoms with Crippen LogP contribution < -0.4 is 5.43 Å². The Balaban J connectivity index is 1.78. The fourth-order valence-electron chi connectivity index (χ4n) is 3.89. The second-order valence-corrected chi connectivity index (χ2v) is 7.11. The molecule has 29 heavy (non-hydrogen) atoms. The molecule has 1 amide bonds. The maximum Gasteiger partial charge on any atom is 0.291 e. The molecule has 1 aliphatic heterocycles. The van der Waals surface area contributed by atoms with Crippen LogP contribution in [0.15, 0.2) is 74.5 Å². The molecule has 5 rings (SSSR count). The highest BCUT2D eigenvalue weighted by Crippen LogP contribution is 2.40. The molecule has 6 heteroatoms. The first-order chi connectivity index (χ1) is 14.0. The van der Waals surface area contributed by atoms with Gasteiger partial charge in [0.2, 0.25) is 5.76 Å². The topological polar surface area (TPSA) is 63.7 Å². The van der Waals surface area contributed by atoms with E-state index in [0.717, 1.165) is 5.56 Å². The van der Waals surface area contributed by atoms with Crippen molar-refractivity contribution in [1.29, 1.82) is 0 Å². The third kappa shape index (κ3) is 2.68. The van der Waals surface area contributed by atoms with Crippen molar-refractivity contribution in [3.05, 3.63) is 105 Å². The van der Waals surface area contributed by atoms with Gasteiger partial charge in [0.25, 0.3) is 5.91 Å². The molecule has 3 heterocycles. The molecule has 2 aromatic heterocycles. The third-order valence-corrected chi connectivity index (χ3v) is 5.23. The van der Waals surface area contributed by atoms with Crippen LogP contribution in [0.1, 0.15) is 39.0 Å². The second kappa shape index (κ2) is 6.44. The molecule has 0 radical (unpaired) electrons. The van der Waals surface area contributed by atoms with Crippen molar-refractivity contribution in [2.75, 3.05) is 0 Å². The molecule has 0 bridgehead atoms. The Morgan fingerprint density at radius 2 is 1.90 bits per heavy atom. The van der Waals surface area contributed by atoms with Crippen LogP contribution in [0.2, 0.25) is 0 Å². The van der Waals surface area contributed by atoms with Crippen molar-refractivity contribution >= 4 is 16.9 Å². The lowest BCUT2D eigenvalue weighted by atomic mass is 9.97. The normalized spacial score (nSPS) is 15.9. The zero-order valence-electron chi connectivity index (χ0n) is 15.5. The summed E-state index contributed by atoms with van der Waals surface area (Å²) in [5, 5.41) is 0.373. The maximum absolute atomic E-state index is 14.7. The van der Waals surface area contributed by atoms with Crippen LogP contribution in [0.25, 0.3) is 11.0 Å². The van der Waals surface area contributed by atoms with E-state index in [1.165, 1.54) is 17.2 Å². The first-order valence-electron chi connectivity index (χ1n) is 9.19. The van der Waals surface area contributed by atoms with Crippen LogP contribution in [0.5, 0.6) is 0 Å². The highest BCUT2D eigenvalue weighted by atomic mass is 19.1. The van der Waals surface area contributed by atoms with Crippen molar-refractivity contribution in [2.45, 2.75) is 19.5 Å². The lowest BCUT2D eigenvalue weighted by Crippen LogP contribution is -2.29. The predicted octanol–water partition coefficient (Wildman–Crippen LogP) is 4.58. The maximum atomic E-state index is 14.7. The monoisotopic (exact) mass is 389 g/mol. The number of carbonyl (C=O) groups excluding carboxylic acids is 1. The zero-order chi connectivity index (χ0) is 20.1. The number of furan rings is 1. The quantitative estimate of drug-likeness (QED) is 0.515. The van der Waals surface area contributed by atoms with Crippen LogP contribution in [-0.2, 0) is 6.54 Å². The van der Waals surface area contributed by atoms with Crippen LogP contribution in [-0.4, -0.2) is 10.8 Å². The molecule has 0 fully saturated rings. The SMILES string of the molecule is Cc1ccc2oc3c(c(=O)c2c1)[C@H](c1ccccc1F)N(Cc1ccco1)C3=O. The Bertz CT molecular complexity index is 1310. The third-order valence-electron chi connectivity index (χ3n) is 5.23. The van der Waals surface area contributed by atoms with E-state index < -0.39 is 17.8 Å². The Kier molecular flexibility index (Phi) is 3.87. The van der Waals surface area contributed by atoms with Crippen molar-refractivity contribution in [2.24, 2.45) is 0 Å². The smallest absolute Gasteiger partial charge is 0.291 e. The van der Waals surface area contributed by atoms with Gasteiger partial charge in [0, 0.05) is 5.56 Å². The molecular formula is C23H16FNO4. The van der Waals surface area contributed by atoms with Crippen molar-refractivity contribution in [1.82, 2.24) is 4.90 Å². The van der Waals surface area contributed by atoms with Crippen molar-refractivity contribution in [3.8, 4) is 0 Å². The van der Waals surface area contributed by atoms with E-state index in [2.05, 4.69) is 0 Å². The van der Waals surface area contributed by atoms with Crippen LogP contribution in [0.3, 0.4) is 0 Å². The second-order valence-electron chi connectivity index (χ2n) is 7.11. The number of rotatable bonds is 3. The minimum Gasteiger partial charge on any atom is -0.467 e. The number of fused-ring (bicyclic) bond motifs is 2. The largest absolute Gasteiger partial charge is 0.467 e. The van der Waals surface area contributed by atoms with Crippen LogP contribution in [0.4, 0.5) is 4.39 Å². The first-order valence-corrected chi connectivity index (χ1v) is 9.19. The molecule has 0 saturated heterocycles. The Hall–Kier alpha value is -3.67. The average molecular weight is 389 g/mol. The summed E-state index contributed by atoms with van der Waals surface area (Å²) < 4.78 is 26.0. The standard InChI is InChI=1S/C23H16FNO4/c1-13-8-9-18-16(11-13)21(26)19-20(15-6-2-3-7-17(15)24)25(23(27)22(19)29-18)12-14-5-4-10-28-14/h2-11,20H,12H2,1H3/t20-/m0/s1. The Morgan fingerprint density at radius 1 is 1.07 bits per heavy atom. The number of aryl methyl sites for hydroxylation is 1. The van der Waals surface area contributed by atoms with Gasteiger partial charge in [-0.05, 0) is 37.3 Å². The minimum atomic E-state index is -0.898. The van der Waals surface area contributed by atoms with Gasteiger partial charge in [0.15, 0.2) is 5.43 Å². The van der Waals surface area contributed by atoms with Gasteiger partial charge >= 0.3 is 0 Å². The number of hydrogen-bond donors (Lipinski definition) is 0. The van der Waals surface area contributed by atoms with E-state index in [1.807, 2.05) is 13.0 Å². The molecule has 2 aromatic carbocycles. The van der Waals surface area contributed by atoms with Gasteiger partial charge in [0.05, 0.1) is 29.8 Å². The number of hydrogen-bond acceptors (Lipinski definition) is 4. The summed E-state index contributed by atoms with van der Waals surface area (Å²) in [5.41, 5.74) is 1.30. The predicted molar refractivity (Wildman–Crippen MR) is 104 cm³/mol. The molecule has 144 valence electrons. The molecule has 0 unspecified atom stereocenters. The molecule has 0 aliphatic carbocycles. The molecule has 0 spiro atoms. The molecule has 5 nitrogen and oxygen atoms in total. The van der Waals surface area contributed by atoms with E-state index in [1.54, 1.807) is 42.5 Å². The number of benzene rings is 2. The number of carbonyl (C=O) groups is 1. The summed E-state index contributed by atoms with van der Waals surface area (Å²) in [6, 6.07) is 13.9. The van der Waals surface area contributed by atoms with E-state index in [0.29, 0.717) is 16.7 Å². The van der Waals surface area contributed by atoms with Gasteiger partial charge < -0.3 is 13.7 Å². The van der Waals surface area contributed by atoms with Gasteiger partial charge in [-0.2, -0.15) is 0 Å². The highest BCUT2D eigenvalue weighted by molar-refractivity contribution is 5.99. The number of amides is 1. The minimum absolute atomic E-state index is 0.0498. The van der Waals surface area contributed by atoms with E-state index in [-0.39, 0.29) is 28.9 Å². The van der Waals surface area contributed by atoms with E-state index in [4.69, 9.17) is 8.83 Å². The fourth-order valence-corrected chi connectivity index (χ4v) is 3.89. The molecule has 1 aliphatic rings. The van der Waals surface area contributed by atoms with Gasteiger partial charge in [-0.1, -0.05) is 29.8 Å². The van der Waals surface area contributed by atoms with Crippen molar-refractivity contribution in [3.63, 3.8) is 0 Å². The summed E-state index contributed by atoms with van der Waals surface area (Å²) in [5.74, 6) is -0.484. The first kappa shape index (κ1) is 17.4. The summed E-state index contributed by atoms with van der Waals surface area (Å²) in [6.45, 7) is 1.96. The lowest BCUT2D eigenvalue weighted by Gasteiger charge is -2.24. The fraction of sp³-hybridized carbons (Fsp3) is 0.130. The van der Waals surface area contributed by atoms with Crippen LogP contribution >= 0.6 is 0 Å². The summed E-state index contributed by atoms with van der Waals surface area (Å²) in [4.78, 5) is 28.0. The molecule has 0 N–H and O–H groups in total.